The van der Waals surface area contributed by atoms with Crippen LogP contribution in [0, 0.1) is 5.92 Å². The van der Waals surface area contributed by atoms with Crippen molar-refractivity contribution in [3.8, 4) is 0 Å². The highest BCUT2D eigenvalue weighted by atomic mass is 16.1. The molecule has 1 amide bonds. The number of aromatic nitrogens is 2. The largest absolute Gasteiger partial charge is 0.384 e. The number of nitrogens with one attached hydrogen (secondary N) is 1. The van der Waals surface area contributed by atoms with Crippen LogP contribution in [0.2, 0.25) is 0 Å². The maximum absolute atomic E-state index is 12.1. The Kier molecular flexibility index (Phi) is 4.83. The van der Waals surface area contributed by atoms with Gasteiger partial charge in [0.05, 0.1) is 11.2 Å². The molecule has 1 fully saturated rings. The molecule has 5 heteroatoms. The van der Waals surface area contributed by atoms with Crippen LogP contribution in [0.1, 0.15) is 71.9 Å². The molecule has 124 valence electrons. The molecule has 0 atom stereocenters. The number of nitrogens with two attached hydrogens (primary N) is 1. The molecule has 0 radical (unpaired) electrons. The third-order valence-electron chi connectivity index (χ3n) is 4.34. The minimum atomic E-state index is -0.101. The average molecular weight is 306 g/mol. The zero-order valence-corrected chi connectivity index (χ0v) is 14.5. The zero-order chi connectivity index (χ0) is 16.5. The van der Waals surface area contributed by atoms with E-state index in [0.717, 1.165) is 37.2 Å². The quantitative estimate of drug-likeness (QED) is 0.901. The molecule has 0 spiro atoms. The predicted octanol–water partition coefficient (Wildman–Crippen LogP) is 3.02. The molecule has 1 aliphatic rings. The molecule has 5 nitrogen and oxygen atoms in total. The molecule has 22 heavy (non-hydrogen) atoms. The van der Waals surface area contributed by atoms with Crippen LogP contribution < -0.4 is 11.1 Å². The van der Waals surface area contributed by atoms with Gasteiger partial charge in [-0.25, -0.2) is 4.68 Å². The van der Waals surface area contributed by atoms with Crippen LogP contribution in [0.15, 0.2) is 6.07 Å². The van der Waals surface area contributed by atoms with Crippen molar-refractivity contribution in [2.45, 2.75) is 77.8 Å². The highest BCUT2D eigenvalue weighted by Gasteiger charge is 2.29. The summed E-state index contributed by atoms with van der Waals surface area (Å²) < 4.78 is 1.90. The highest BCUT2D eigenvalue weighted by molar-refractivity contribution is 5.78. The molecule has 0 saturated heterocycles. The summed E-state index contributed by atoms with van der Waals surface area (Å²) in [5.74, 6) is 1.50. The normalized spacial score (nSPS) is 22.8. The fourth-order valence-electron chi connectivity index (χ4n) is 3.21. The van der Waals surface area contributed by atoms with Gasteiger partial charge in [0.1, 0.15) is 5.82 Å². The van der Waals surface area contributed by atoms with Crippen molar-refractivity contribution < 1.29 is 4.79 Å². The van der Waals surface area contributed by atoms with E-state index in [4.69, 9.17) is 10.8 Å². The van der Waals surface area contributed by atoms with Crippen LogP contribution in [-0.2, 0) is 10.3 Å². The van der Waals surface area contributed by atoms with E-state index in [1.807, 2.05) is 24.6 Å². The Bertz CT molecular complexity index is 519. The van der Waals surface area contributed by atoms with Crippen LogP contribution in [-0.4, -0.2) is 21.7 Å². The summed E-state index contributed by atoms with van der Waals surface area (Å²) in [5, 5.41) is 7.74. The summed E-state index contributed by atoms with van der Waals surface area (Å²) in [6.07, 6.45) is 3.89. The van der Waals surface area contributed by atoms with Gasteiger partial charge in [0, 0.05) is 23.9 Å². The number of amides is 1. The lowest BCUT2D eigenvalue weighted by Gasteiger charge is -2.27. The van der Waals surface area contributed by atoms with E-state index < -0.39 is 0 Å². The van der Waals surface area contributed by atoms with Crippen LogP contribution in [0.5, 0.6) is 0 Å². The molecule has 3 N–H and O–H groups in total. The second kappa shape index (κ2) is 6.31. The standard InChI is InChI=1S/C17H30N4O/c1-11(2)19-16(22)13-8-6-12(7-9-13)14-10-15(18)21(20-14)17(3,4)5/h10-13H,6-9,18H2,1-5H3,(H,19,22)/t12-,13+. The molecule has 1 aromatic heterocycles. The highest BCUT2D eigenvalue weighted by Crippen LogP contribution is 2.36. The smallest absolute Gasteiger partial charge is 0.223 e. The molecule has 1 saturated carbocycles. The van der Waals surface area contributed by atoms with Crippen LogP contribution in [0.3, 0.4) is 0 Å². The van der Waals surface area contributed by atoms with Gasteiger partial charge in [-0.1, -0.05) is 0 Å². The van der Waals surface area contributed by atoms with Gasteiger partial charge in [0.15, 0.2) is 0 Å². The molecule has 0 aromatic carbocycles. The Morgan fingerprint density at radius 3 is 2.36 bits per heavy atom. The summed E-state index contributed by atoms with van der Waals surface area (Å²) in [5.41, 5.74) is 7.08. The molecule has 0 unspecified atom stereocenters. The van der Waals surface area contributed by atoms with Crippen molar-refractivity contribution in [1.82, 2.24) is 15.1 Å². The molecular weight excluding hydrogens is 276 g/mol. The second-order valence-electron chi connectivity index (χ2n) is 7.79. The number of nitrogen functional groups attached to an aromatic ring is 1. The summed E-state index contributed by atoms with van der Waals surface area (Å²) in [6, 6.07) is 2.22. The SMILES string of the molecule is CC(C)NC(=O)[C@H]1CC[C@@H](c2cc(N)n(C(C)(C)C)n2)CC1. The number of hydrogen-bond donors (Lipinski definition) is 2. The molecule has 2 rings (SSSR count). The first-order chi connectivity index (χ1) is 10.2. The molecule has 1 heterocycles. The van der Waals surface area contributed by atoms with Gasteiger partial charge in [-0.05, 0) is 60.3 Å². The fourth-order valence-corrected chi connectivity index (χ4v) is 3.21. The van der Waals surface area contributed by atoms with Crippen LogP contribution >= 0.6 is 0 Å². The van der Waals surface area contributed by atoms with E-state index >= 15 is 0 Å². The lowest BCUT2D eigenvalue weighted by molar-refractivity contribution is -0.126. The third-order valence-corrected chi connectivity index (χ3v) is 4.34. The number of rotatable bonds is 3. The Morgan fingerprint density at radius 1 is 1.32 bits per heavy atom. The topological polar surface area (TPSA) is 72.9 Å². The number of carbonyl (C=O) groups is 1. The van der Waals surface area contributed by atoms with Gasteiger partial charge in [-0.2, -0.15) is 5.10 Å². The summed E-state index contributed by atoms with van der Waals surface area (Å²) >= 11 is 0. The van der Waals surface area contributed by atoms with Crippen molar-refractivity contribution in [1.29, 1.82) is 0 Å². The van der Waals surface area contributed by atoms with Crippen molar-refractivity contribution in [2.24, 2.45) is 5.92 Å². The molecule has 0 bridgehead atoms. The van der Waals surface area contributed by atoms with Gasteiger partial charge in [-0.3, -0.25) is 4.79 Å². The first-order valence-corrected chi connectivity index (χ1v) is 8.34. The van der Waals surface area contributed by atoms with Crippen LogP contribution in [0.4, 0.5) is 5.82 Å². The second-order valence-corrected chi connectivity index (χ2v) is 7.79. The van der Waals surface area contributed by atoms with Crippen molar-refractivity contribution in [2.75, 3.05) is 5.73 Å². The van der Waals surface area contributed by atoms with E-state index in [-0.39, 0.29) is 23.4 Å². The Hall–Kier alpha value is -1.52. The van der Waals surface area contributed by atoms with Crippen molar-refractivity contribution in [3.63, 3.8) is 0 Å². The Balaban J connectivity index is 1.99. The van der Waals surface area contributed by atoms with Gasteiger partial charge < -0.3 is 11.1 Å². The van der Waals surface area contributed by atoms with E-state index in [9.17, 15) is 4.79 Å². The number of hydrogen-bond acceptors (Lipinski definition) is 3. The van der Waals surface area contributed by atoms with Crippen LogP contribution in [0.25, 0.3) is 0 Å². The first kappa shape index (κ1) is 16.8. The van der Waals surface area contributed by atoms with Gasteiger partial charge in [0.2, 0.25) is 5.91 Å². The first-order valence-electron chi connectivity index (χ1n) is 8.34. The lowest BCUT2D eigenvalue weighted by Crippen LogP contribution is -2.37. The van der Waals surface area contributed by atoms with Gasteiger partial charge in [-0.15, -0.1) is 0 Å². The zero-order valence-electron chi connectivity index (χ0n) is 14.5. The van der Waals surface area contributed by atoms with Gasteiger partial charge >= 0.3 is 0 Å². The summed E-state index contributed by atoms with van der Waals surface area (Å²) in [6.45, 7) is 10.3. The van der Waals surface area contributed by atoms with E-state index in [1.165, 1.54) is 0 Å². The summed E-state index contributed by atoms with van der Waals surface area (Å²) in [7, 11) is 0. The fraction of sp³-hybridized carbons (Fsp3) is 0.765. The molecule has 0 aliphatic heterocycles. The van der Waals surface area contributed by atoms with Crippen molar-refractivity contribution in [3.05, 3.63) is 11.8 Å². The van der Waals surface area contributed by atoms with Gasteiger partial charge in [0.25, 0.3) is 0 Å². The molecule has 1 aromatic rings. The number of nitrogens with zero attached hydrogens (tertiary/aromatic N) is 2. The number of anilines is 1. The third kappa shape index (κ3) is 3.81. The minimum absolute atomic E-state index is 0.101. The lowest BCUT2D eigenvalue weighted by atomic mass is 9.80. The Labute approximate surface area is 133 Å². The van der Waals surface area contributed by atoms with Crippen molar-refractivity contribution >= 4 is 11.7 Å². The minimum Gasteiger partial charge on any atom is -0.384 e. The van der Waals surface area contributed by atoms with E-state index in [2.05, 4.69) is 26.1 Å². The maximum Gasteiger partial charge on any atom is 0.223 e. The molecular formula is C17H30N4O. The summed E-state index contributed by atoms with van der Waals surface area (Å²) in [4.78, 5) is 12.1. The number of carbonyl (C=O) groups excluding carboxylic acids is 1. The maximum atomic E-state index is 12.1. The average Bonchev–Trinajstić information content (AvgIpc) is 2.80. The monoisotopic (exact) mass is 306 g/mol. The Morgan fingerprint density at radius 2 is 1.91 bits per heavy atom. The van der Waals surface area contributed by atoms with E-state index in [0.29, 0.717) is 5.92 Å². The van der Waals surface area contributed by atoms with E-state index in [1.54, 1.807) is 0 Å². The predicted molar refractivity (Wildman–Crippen MR) is 89.6 cm³/mol. The molecule has 1 aliphatic carbocycles.